The number of rotatable bonds is 7. The highest BCUT2D eigenvalue weighted by atomic mass is 32.2. The highest BCUT2D eigenvalue weighted by molar-refractivity contribution is 7.91. The molecule has 1 amide bonds. The van der Waals surface area contributed by atoms with E-state index in [4.69, 9.17) is 0 Å². The molecule has 0 saturated carbocycles. The zero-order chi connectivity index (χ0) is 21.8. The van der Waals surface area contributed by atoms with Crippen molar-refractivity contribution >= 4 is 15.7 Å². The van der Waals surface area contributed by atoms with Gasteiger partial charge in [0.15, 0.2) is 0 Å². The van der Waals surface area contributed by atoms with Crippen LogP contribution in [0.2, 0.25) is 0 Å². The first-order valence-electron chi connectivity index (χ1n) is 9.26. The Kier molecular flexibility index (Phi) is 6.31. The van der Waals surface area contributed by atoms with Gasteiger partial charge in [0.1, 0.15) is 0 Å². The lowest BCUT2D eigenvalue weighted by Crippen LogP contribution is -2.39. The largest absolute Gasteiger partial charge is 0.351 e. The molecule has 0 spiro atoms. The number of alkyl halides is 2. The zero-order valence-corrected chi connectivity index (χ0v) is 17.1. The molecule has 7 heteroatoms. The van der Waals surface area contributed by atoms with Gasteiger partial charge in [-0.15, -0.1) is 0 Å². The Hall–Kier alpha value is -3.06. The van der Waals surface area contributed by atoms with E-state index < -0.39 is 31.8 Å². The van der Waals surface area contributed by atoms with Crippen LogP contribution >= 0.6 is 0 Å². The SMILES string of the molecule is CC(CNC(=O)c1ccc(S(=O)(=O)C(F)F)cc1)(c1ccccc1)c1ccccc1. The average Bonchev–Trinajstić information content (AvgIpc) is 2.78. The molecular formula is C23H21F2NO3S. The molecule has 30 heavy (non-hydrogen) atoms. The van der Waals surface area contributed by atoms with E-state index in [0.29, 0.717) is 0 Å². The number of carbonyl (C=O) groups excluding carboxylic acids is 1. The molecular weight excluding hydrogens is 408 g/mol. The molecule has 156 valence electrons. The smallest absolute Gasteiger partial charge is 0.341 e. The molecule has 0 aliphatic rings. The second-order valence-electron chi connectivity index (χ2n) is 7.08. The number of sulfone groups is 1. The Morgan fingerprint density at radius 2 is 1.33 bits per heavy atom. The molecule has 0 aliphatic heterocycles. The summed E-state index contributed by atoms with van der Waals surface area (Å²) >= 11 is 0. The standard InChI is InChI=1S/C23H21F2NO3S/c1-23(18-8-4-2-5-9-18,19-10-6-3-7-11-19)16-26-21(27)17-12-14-20(15-13-17)30(28,29)22(24)25/h2-15,22H,16H2,1H3,(H,26,27). The van der Waals surface area contributed by atoms with Crippen LogP contribution in [0, 0.1) is 0 Å². The van der Waals surface area contributed by atoms with Crippen molar-refractivity contribution < 1.29 is 22.0 Å². The van der Waals surface area contributed by atoms with Gasteiger partial charge in [-0.2, -0.15) is 8.78 Å². The van der Waals surface area contributed by atoms with E-state index in [-0.39, 0.29) is 12.1 Å². The van der Waals surface area contributed by atoms with Crippen LogP contribution < -0.4 is 5.32 Å². The van der Waals surface area contributed by atoms with Crippen LogP contribution in [0.1, 0.15) is 28.4 Å². The first-order chi connectivity index (χ1) is 14.2. The van der Waals surface area contributed by atoms with Crippen molar-refractivity contribution in [3.63, 3.8) is 0 Å². The maximum atomic E-state index is 12.7. The zero-order valence-electron chi connectivity index (χ0n) is 16.3. The van der Waals surface area contributed by atoms with Crippen LogP contribution in [0.5, 0.6) is 0 Å². The Labute approximate surface area is 174 Å². The first kappa shape index (κ1) is 21.6. The van der Waals surface area contributed by atoms with Crippen molar-refractivity contribution in [2.45, 2.75) is 23.0 Å². The van der Waals surface area contributed by atoms with Gasteiger partial charge in [0.25, 0.3) is 5.91 Å². The third kappa shape index (κ3) is 4.41. The summed E-state index contributed by atoms with van der Waals surface area (Å²) < 4.78 is 48.4. The average molecular weight is 429 g/mol. The third-order valence-electron chi connectivity index (χ3n) is 5.10. The predicted octanol–water partition coefficient (Wildman–Crippen LogP) is 4.42. The molecule has 3 aromatic rings. The fraction of sp³-hybridized carbons (Fsp3) is 0.174. The lowest BCUT2D eigenvalue weighted by molar-refractivity contribution is 0.0947. The van der Waals surface area contributed by atoms with Crippen LogP contribution in [-0.2, 0) is 15.3 Å². The van der Waals surface area contributed by atoms with Gasteiger partial charge in [0.2, 0.25) is 9.84 Å². The minimum atomic E-state index is -4.69. The van der Waals surface area contributed by atoms with Crippen LogP contribution in [-0.4, -0.2) is 26.6 Å². The number of carbonyl (C=O) groups is 1. The van der Waals surface area contributed by atoms with Crippen LogP contribution in [0.25, 0.3) is 0 Å². The normalized spacial score (nSPS) is 12.0. The Balaban J connectivity index is 1.82. The summed E-state index contributed by atoms with van der Waals surface area (Å²) in [6, 6.07) is 24.0. The van der Waals surface area contributed by atoms with E-state index in [1.807, 2.05) is 67.6 Å². The van der Waals surface area contributed by atoms with E-state index in [1.165, 1.54) is 12.1 Å². The molecule has 0 atom stereocenters. The molecule has 0 heterocycles. The maximum Gasteiger partial charge on any atom is 0.341 e. The molecule has 0 fully saturated rings. The monoisotopic (exact) mass is 429 g/mol. The fourth-order valence-electron chi connectivity index (χ4n) is 3.24. The molecule has 4 nitrogen and oxygen atoms in total. The highest BCUT2D eigenvalue weighted by Crippen LogP contribution is 2.31. The maximum absolute atomic E-state index is 12.7. The molecule has 3 aromatic carbocycles. The first-order valence-corrected chi connectivity index (χ1v) is 10.8. The van der Waals surface area contributed by atoms with Crippen molar-refractivity contribution in [3.05, 3.63) is 102 Å². The van der Waals surface area contributed by atoms with E-state index in [2.05, 4.69) is 5.32 Å². The number of hydrogen-bond donors (Lipinski definition) is 1. The number of nitrogens with one attached hydrogen (secondary N) is 1. The number of benzene rings is 3. The number of halogens is 2. The molecule has 0 unspecified atom stereocenters. The second kappa shape index (κ2) is 8.75. The summed E-state index contributed by atoms with van der Waals surface area (Å²) in [7, 11) is -4.69. The van der Waals surface area contributed by atoms with Crippen molar-refractivity contribution in [3.8, 4) is 0 Å². The van der Waals surface area contributed by atoms with Crippen molar-refractivity contribution in [2.24, 2.45) is 0 Å². The molecule has 0 saturated heterocycles. The summed E-state index contributed by atoms with van der Waals surface area (Å²) in [5.41, 5.74) is 1.73. The topological polar surface area (TPSA) is 63.2 Å². The van der Waals surface area contributed by atoms with E-state index in [1.54, 1.807) is 0 Å². The summed E-state index contributed by atoms with van der Waals surface area (Å²) in [6.45, 7) is 2.31. The highest BCUT2D eigenvalue weighted by Gasteiger charge is 2.30. The Morgan fingerprint density at radius 3 is 1.77 bits per heavy atom. The van der Waals surface area contributed by atoms with Crippen molar-refractivity contribution in [1.29, 1.82) is 0 Å². The summed E-state index contributed by atoms with van der Waals surface area (Å²) in [5, 5.41) is 2.88. The second-order valence-corrected chi connectivity index (χ2v) is 8.99. The molecule has 3 rings (SSSR count). The van der Waals surface area contributed by atoms with Gasteiger partial charge in [-0.1, -0.05) is 60.7 Å². The molecule has 0 aromatic heterocycles. The van der Waals surface area contributed by atoms with E-state index >= 15 is 0 Å². The van der Waals surface area contributed by atoms with Gasteiger partial charge in [-0.3, -0.25) is 4.79 Å². The van der Waals surface area contributed by atoms with Gasteiger partial charge in [0, 0.05) is 17.5 Å². The lowest BCUT2D eigenvalue weighted by atomic mass is 9.76. The van der Waals surface area contributed by atoms with Crippen LogP contribution in [0.15, 0.2) is 89.8 Å². The Bertz CT molecular complexity index is 1060. The predicted molar refractivity (Wildman–Crippen MR) is 111 cm³/mol. The Morgan fingerprint density at radius 1 is 0.867 bits per heavy atom. The van der Waals surface area contributed by atoms with Crippen LogP contribution in [0.4, 0.5) is 8.78 Å². The van der Waals surface area contributed by atoms with Gasteiger partial charge >= 0.3 is 5.76 Å². The summed E-state index contributed by atoms with van der Waals surface area (Å²) in [6.07, 6.45) is 0. The number of hydrogen-bond acceptors (Lipinski definition) is 3. The molecule has 0 aliphatic carbocycles. The number of amides is 1. The van der Waals surface area contributed by atoms with Crippen LogP contribution in [0.3, 0.4) is 0 Å². The molecule has 0 radical (unpaired) electrons. The lowest BCUT2D eigenvalue weighted by Gasteiger charge is -2.31. The van der Waals surface area contributed by atoms with Gasteiger partial charge < -0.3 is 5.32 Å². The minimum Gasteiger partial charge on any atom is -0.351 e. The minimum absolute atomic E-state index is 0.187. The van der Waals surface area contributed by atoms with Gasteiger partial charge in [-0.05, 0) is 42.3 Å². The third-order valence-corrected chi connectivity index (χ3v) is 6.50. The van der Waals surface area contributed by atoms with Gasteiger partial charge in [0.05, 0.1) is 4.90 Å². The van der Waals surface area contributed by atoms with Crippen molar-refractivity contribution in [1.82, 2.24) is 5.32 Å². The molecule has 0 bridgehead atoms. The van der Waals surface area contributed by atoms with E-state index in [0.717, 1.165) is 23.3 Å². The van der Waals surface area contributed by atoms with E-state index in [9.17, 15) is 22.0 Å². The summed E-state index contributed by atoms with van der Waals surface area (Å²) in [5.74, 6) is -3.93. The van der Waals surface area contributed by atoms with Crippen molar-refractivity contribution in [2.75, 3.05) is 6.54 Å². The molecule has 1 N–H and O–H groups in total. The summed E-state index contributed by atoms with van der Waals surface area (Å²) in [4.78, 5) is 12.1. The fourth-order valence-corrected chi connectivity index (χ4v) is 3.96. The van der Waals surface area contributed by atoms with Gasteiger partial charge in [-0.25, -0.2) is 8.42 Å². The quantitative estimate of drug-likeness (QED) is 0.605.